The highest BCUT2D eigenvalue weighted by atomic mass is 16.7. The molecule has 0 amide bonds. The Bertz CT molecular complexity index is 955. The summed E-state index contributed by atoms with van der Waals surface area (Å²) in [6, 6.07) is 5.15. The zero-order chi connectivity index (χ0) is 17.4. The van der Waals surface area contributed by atoms with Crippen LogP contribution in [0.1, 0.15) is 18.9 Å². The van der Waals surface area contributed by atoms with Crippen LogP contribution in [-0.4, -0.2) is 26.7 Å². The SMILES string of the molecule is CCC(=Nc1ccc2c(c1)OCO2)c1c(O)n(C)c(=O)n(C)c1=O. The van der Waals surface area contributed by atoms with Gasteiger partial charge < -0.3 is 14.6 Å². The van der Waals surface area contributed by atoms with Crippen molar-refractivity contribution in [2.24, 2.45) is 19.1 Å². The van der Waals surface area contributed by atoms with E-state index in [9.17, 15) is 14.7 Å². The lowest BCUT2D eigenvalue weighted by molar-refractivity contribution is 0.174. The molecule has 0 saturated carbocycles. The van der Waals surface area contributed by atoms with Gasteiger partial charge in [0.1, 0.15) is 5.56 Å². The van der Waals surface area contributed by atoms with Gasteiger partial charge in [-0.05, 0) is 18.6 Å². The van der Waals surface area contributed by atoms with E-state index in [1.807, 2.05) is 6.92 Å². The minimum atomic E-state index is -0.597. The summed E-state index contributed by atoms with van der Waals surface area (Å²) >= 11 is 0. The van der Waals surface area contributed by atoms with Crippen LogP contribution in [0, 0.1) is 0 Å². The number of aliphatic imine (C=N–C) groups is 1. The molecule has 1 aliphatic rings. The van der Waals surface area contributed by atoms with Gasteiger partial charge in [-0.25, -0.2) is 4.79 Å². The Morgan fingerprint density at radius 1 is 1.21 bits per heavy atom. The Morgan fingerprint density at radius 3 is 2.62 bits per heavy atom. The van der Waals surface area contributed by atoms with E-state index >= 15 is 0 Å². The van der Waals surface area contributed by atoms with E-state index in [4.69, 9.17) is 9.47 Å². The highest BCUT2D eigenvalue weighted by Crippen LogP contribution is 2.35. The molecule has 1 aromatic carbocycles. The molecule has 126 valence electrons. The molecule has 1 aromatic heterocycles. The zero-order valence-electron chi connectivity index (χ0n) is 13.6. The smallest absolute Gasteiger partial charge is 0.333 e. The fraction of sp³-hybridized carbons (Fsp3) is 0.312. The van der Waals surface area contributed by atoms with Crippen LogP contribution in [0.4, 0.5) is 5.69 Å². The summed E-state index contributed by atoms with van der Waals surface area (Å²) in [6.07, 6.45) is 0.398. The van der Waals surface area contributed by atoms with Gasteiger partial charge in [0.05, 0.1) is 11.4 Å². The number of hydrogen-bond donors (Lipinski definition) is 1. The second-order valence-electron chi connectivity index (χ2n) is 5.35. The monoisotopic (exact) mass is 331 g/mol. The molecule has 3 rings (SSSR count). The van der Waals surface area contributed by atoms with Gasteiger partial charge in [0.25, 0.3) is 5.56 Å². The first-order chi connectivity index (χ1) is 11.4. The molecule has 1 aliphatic heterocycles. The van der Waals surface area contributed by atoms with Crippen molar-refractivity contribution >= 4 is 11.4 Å². The maximum absolute atomic E-state index is 12.4. The van der Waals surface area contributed by atoms with Gasteiger partial charge in [-0.15, -0.1) is 0 Å². The van der Waals surface area contributed by atoms with Crippen molar-refractivity contribution in [3.8, 4) is 17.4 Å². The average molecular weight is 331 g/mol. The van der Waals surface area contributed by atoms with Crippen molar-refractivity contribution in [1.29, 1.82) is 0 Å². The number of rotatable bonds is 3. The topological polar surface area (TPSA) is 95.0 Å². The van der Waals surface area contributed by atoms with E-state index in [0.29, 0.717) is 29.3 Å². The molecule has 1 N–H and O–H groups in total. The highest BCUT2D eigenvalue weighted by molar-refractivity contribution is 6.03. The van der Waals surface area contributed by atoms with Gasteiger partial charge in [-0.1, -0.05) is 6.92 Å². The first-order valence-corrected chi connectivity index (χ1v) is 7.40. The zero-order valence-corrected chi connectivity index (χ0v) is 13.6. The second kappa shape index (κ2) is 5.88. The predicted molar refractivity (Wildman–Crippen MR) is 87.6 cm³/mol. The molecular formula is C16H17N3O5. The van der Waals surface area contributed by atoms with Gasteiger partial charge >= 0.3 is 5.69 Å². The van der Waals surface area contributed by atoms with E-state index in [-0.39, 0.29) is 12.4 Å². The van der Waals surface area contributed by atoms with Crippen LogP contribution >= 0.6 is 0 Å². The third-order valence-electron chi connectivity index (χ3n) is 3.88. The Morgan fingerprint density at radius 2 is 1.92 bits per heavy atom. The molecule has 2 aromatic rings. The maximum Gasteiger partial charge on any atom is 0.333 e. The van der Waals surface area contributed by atoms with Crippen molar-refractivity contribution in [3.05, 3.63) is 44.6 Å². The number of aromatic nitrogens is 2. The molecule has 0 radical (unpaired) electrons. The molecule has 0 spiro atoms. The largest absolute Gasteiger partial charge is 0.494 e. The standard InChI is InChI=1S/C16H17N3O5/c1-4-10(13-14(20)18(2)16(22)19(3)15(13)21)17-9-5-6-11-12(7-9)24-8-23-11/h5-7,20H,4,8H2,1-3H3. The number of benzene rings is 1. The van der Waals surface area contributed by atoms with Gasteiger partial charge in [0, 0.05) is 20.2 Å². The van der Waals surface area contributed by atoms with Crippen LogP contribution < -0.4 is 20.7 Å². The molecule has 0 bridgehead atoms. The maximum atomic E-state index is 12.4. The van der Waals surface area contributed by atoms with Crippen LogP contribution in [0.15, 0.2) is 32.8 Å². The van der Waals surface area contributed by atoms with Crippen LogP contribution in [0.5, 0.6) is 17.4 Å². The molecule has 8 nitrogen and oxygen atoms in total. The fourth-order valence-corrected chi connectivity index (χ4v) is 2.51. The summed E-state index contributed by atoms with van der Waals surface area (Å²) in [5, 5.41) is 10.2. The van der Waals surface area contributed by atoms with Crippen molar-refractivity contribution in [2.45, 2.75) is 13.3 Å². The molecular weight excluding hydrogens is 314 g/mol. The lowest BCUT2D eigenvalue weighted by atomic mass is 10.1. The van der Waals surface area contributed by atoms with Crippen LogP contribution in [0.2, 0.25) is 0 Å². The van der Waals surface area contributed by atoms with Crippen LogP contribution in [0.25, 0.3) is 0 Å². The molecule has 0 saturated heterocycles. The summed E-state index contributed by atoms with van der Waals surface area (Å²) in [5.41, 5.74) is -0.231. The van der Waals surface area contributed by atoms with Crippen LogP contribution in [0.3, 0.4) is 0 Å². The first-order valence-electron chi connectivity index (χ1n) is 7.40. The van der Waals surface area contributed by atoms with Gasteiger partial charge in [-0.3, -0.25) is 18.9 Å². The highest BCUT2D eigenvalue weighted by Gasteiger charge is 2.20. The summed E-state index contributed by atoms with van der Waals surface area (Å²) in [6.45, 7) is 1.97. The lowest BCUT2D eigenvalue weighted by Gasteiger charge is -2.11. The minimum Gasteiger partial charge on any atom is -0.494 e. The summed E-state index contributed by atoms with van der Waals surface area (Å²) in [4.78, 5) is 28.7. The fourth-order valence-electron chi connectivity index (χ4n) is 2.51. The molecule has 8 heteroatoms. The lowest BCUT2D eigenvalue weighted by Crippen LogP contribution is -2.40. The van der Waals surface area contributed by atoms with Crippen molar-refractivity contribution in [3.63, 3.8) is 0 Å². The van der Waals surface area contributed by atoms with Crippen LogP contribution in [-0.2, 0) is 14.1 Å². The average Bonchev–Trinajstić information content (AvgIpc) is 3.05. The number of aromatic hydroxyl groups is 1. The van der Waals surface area contributed by atoms with E-state index in [1.165, 1.54) is 14.1 Å². The third-order valence-corrected chi connectivity index (χ3v) is 3.88. The molecule has 2 heterocycles. The number of fused-ring (bicyclic) bond motifs is 1. The van der Waals surface area contributed by atoms with Crippen molar-refractivity contribution in [1.82, 2.24) is 9.13 Å². The van der Waals surface area contributed by atoms with E-state index < -0.39 is 17.1 Å². The van der Waals surface area contributed by atoms with E-state index in [0.717, 1.165) is 9.13 Å². The Kier molecular flexibility index (Phi) is 3.88. The predicted octanol–water partition coefficient (Wildman–Crippen LogP) is 1.05. The molecule has 24 heavy (non-hydrogen) atoms. The molecule has 0 atom stereocenters. The van der Waals surface area contributed by atoms with E-state index in [1.54, 1.807) is 18.2 Å². The Balaban J connectivity index is 2.17. The second-order valence-corrected chi connectivity index (χ2v) is 5.35. The molecule has 0 fully saturated rings. The third kappa shape index (κ3) is 2.45. The number of nitrogens with zero attached hydrogens (tertiary/aromatic N) is 3. The van der Waals surface area contributed by atoms with Gasteiger partial charge in [-0.2, -0.15) is 0 Å². The van der Waals surface area contributed by atoms with Gasteiger partial charge in [0.2, 0.25) is 12.7 Å². The summed E-state index contributed by atoms with van der Waals surface area (Å²) in [5.74, 6) is 0.807. The molecule has 0 unspecified atom stereocenters. The first kappa shape index (κ1) is 15.9. The number of ether oxygens (including phenoxy) is 2. The number of hydrogen-bond acceptors (Lipinski definition) is 6. The minimum absolute atomic E-state index is 0.0137. The quantitative estimate of drug-likeness (QED) is 0.848. The van der Waals surface area contributed by atoms with E-state index in [2.05, 4.69) is 4.99 Å². The Labute approximate surface area is 137 Å². The summed E-state index contributed by atoms with van der Waals surface area (Å²) in [7, 11) is 2.76. The van der Waals surface area contributed by atoms with Crippen molar-refractivity contribution < 1.29 is 14.6 Å². The van der Waals surface area contributed by atoms with Crippen molar-refractivity contribution in [2.75, 3.05) is 6.79 Å². The Hall–Kier alpha value is -3.03. The molecule has 0 aliphatic carbocycles. The van der Waals surface area contributed by atoms with Gasteiger partial charge in [0.15, 0.2) is 11.5 Å². The normalized spacial score (nSPS) is 13.4. The summed E-state index contributed by atoms with van der Waals surface area (Å²) < 4.78 is 12.5.